The van der Waals surface area contributed by atoms with Crippen molar-refractivity contribution in [3.05, 3.63) is 0 Å². The summed E-state index contributed by atoms with van der Waals surface area (Å²) >= 11 is 0. The summed E-state index contributed by atoms with van der Waals surface area (Å²) in [7, 11) is -3.41. The van der Waals surface area contributed by atoms with E-state index in [0.717, 1.165) is 25.7 Å². The normalized spacial score (nSPS) is 21.8. The van der Waals surface area contributed by atoms with Crippen molar-refractivity contribution in [2.24, 2.45) is 5.73 Å². The molecule has 0 bridgehead atoms. The minimum absolute atomic E-state index is 0.373. The second kappa shape index (κ2) is 6.68. The smallest absolute Gasteiger partial charge is 0.277 e. The first kappa shape index (κ1) is 14.9. The molecule has 102 valence electrons. The monoisotopic (exact) mass is 263 g/mol. The lowest BCUT2D eigenvalue weighted by Gasteiger charge is -2.34. The van der Waals surface area contributed by atoms with E-state index >= 15 is 0 Å². The van der Waals surface area contributed by atoms with Crippen LogP contribution in [0.5, 0.6) is 0 Å². The molecule has 17 heavy (non-hydrogen) atoms. The molecule has 5 nitrogen and oxygen atoms in total. The van der Waals surface area contributed by atoms with E-state index in [1.807, 2.05) is 0 Å². The summed E-state index contributed by atoms with van der Waals surface area (Å²) in [6, 6.07) is 0. The summed E-state index contributed by atoms with van der Waals surface area (Å²) in [4.78, 5) is 0. The summed E-state index contributed by atoms with van der Waals surface area (Å²) < 4.78 is 28.8. The lowest BCUT2D eigenvalue weighted by molar-refractivity contribution is 0.295. The van der Waals surface area contributed by atoms with Gasteiger partial charge in [0.25, 0.3) is 10.2 Å². The molecule has 4 N–H and O–H groups in total. The van der Waals surface area contributed by atoms with Crippen LogP contribution in [0.25, 0.3) is 0 Å². The van der Waals surface area contributed by atoms with Crippen molar-refractivity contribution in [2.75, 3.05) is 13.1 Å². The Morgan fingerprint density at radius 2 is 1.65 bits per heavy atom. The molecular weight excluding hydrogens is 238 g/mol. The first-order chi connectivity index (χ1) is 8.04. The van der Waals surface area contributed by atoms with Crippen LogP contribution in [0.15, 0.2) is 0 Å². The molecule has 1 fully saturated rings. The maximum atomic E-state index is 11.8. The minimum atomic E-state index is -3.41. The number of hydrogen-bond acceptors (Lipinski definition) is 3. The fraction of sp³-hybridized carbons (Fsp3) is 1.00. The van der Waals surface area contributed by atoms with Crippen molar-refractivity contribution < 1.29 is 8.42 Å². The highest BCUT2D eigenvalue weighted by molar-refractivity contribution is 7.87. The Morgan fingerprint density at radius 1 is 1.12 bits per heavy atom. The molecule has 0 aromatic rings. The molecule has 1 aliphatic rings. The Hall–Kier alpha value is -0.170. The Morgan fingerprint density at radius 3 is 2.12 bits per heavy atom. The Labute approximate surface area is 105 Å². The highest BCUT2D eigenvalue weighted by atomic mass is 32.2. The van der Waals surface area contributed by atoms with E-state index in [1.54, 1.807) is 6.92 Å². The summed E-state index contributed by atoms with van der Waals surface area (Å²) in [6.45, 7) is 2.54. The molecule has 6 heteroatoms. The Balaban J connectivity index is 2.71. The van der Waals surface area contributed by atoms with Crippen molar-refractivity contribution in [2.45, 2.75) is 57.4 Å². The van der Waals surface area contributed by atoms with Crippen molar-refractivity contribution in [3.63, 3.8) is 0 Å². The maximum absolute atomic E-state index is 11.8. The molecule has 0 aliphatic heterocycles. The first-order valence-corrected chi connectivity index (χ1v) is 8.00. The van der Waals surface area contributed by atoms with Crippen molar-refractivity contribution in [3.8, 4) is 0 Å². The standard InChI is InChI=1S/C11H25N3O2S/c1-2-13-17(15,16)14-11(10-12)8-6-4-3-5-7-9-11/h13-14H,2-10,12H2,1H3. The maximum Gasteiger partial charge on any atom is 0.277 e. The second-order valence-corrected chi connectivity index (χ2v) is 6.36. The SMILES string of the molecule is CCNS(=O)(=O)NC1(CN)CCCCCCC1. The van der Waals surface area contributed by atoms with E-state index in [2.05, 4.69) is 9.44 Å². The number of rotatable bonds is 5. The number of nitrogens with one attached hydrogen (secondary N) is 2. The van der Waals surface area contributed by atoms with E-state index in [1.165, 1.54) is 19.3 Å². The fourth-order valence-corrected chi connectivity index (χ4v) is 3.75. The zero-order chi connectivity index (χ0) is 12.8. The predicted molar refractivity (Wildman–Crippen MR) is 69.8 cm³/mol. The topological polar surface area (TPSA) is 84.2 Å². The molecule has 1 saturated carbocycles. The van der Waals surface area contributed by atoms with Gasteiger partial charge in [-0.15, -0.1) is 0 Å². The van der Waals surface area contributed by atoms with Crippen molar-refractivity contribution in [1.29, 1.82) is 0 Å². The Kier molecular flexibility index (Phi) is 5.85. The van der Waals surface area contributed by atoms with Crippen LogP contribution >= 0.6 is 0 Å². The van der Waals surface area contributed by atoms with Crippen LogP contribution in [0, 0.1) is 0 Å². The average Bonchev–Trinajstić information content (AvgIpc) is 2.22. The summed E-state index contributed by atoms with van der Waals surface area (Å²) in [5, 5.41) is 0. The quantitative estimate of drug-likeness (QED) is 0.688. The summed E-state index contributed by atoms with van der Waals surface area (Å²) in [5.41, 5.74) is 5.36. The van der Waals surface area contributed by atoms with Gasteiger partial charge in [0.2, 0.25) is 0 Å². The molecule has 0 unspecified atom stereocenters. The minimum Gasteiger partial charge on any atom is -0.329 e. The lowest BCUT2D eigenvalue weighted by Crippen LogP contribution is -2.56. The number of hydrogen-bond donors (Lipinski definition) is 3. The molecule has 0 spiro atoms. The third-order valence-electron chi connectivity index (χ3n) is 3.39. The molecular formula is C11H25N3O2S. The van der Waals surface area contributed by atoms with Gasteiger partial charge in [0.15, 0.2) is 0 Å². The molecule has 0 aromatic carbocycles. The highest BCUT2D eigenvalue weighted by Gasteiger charge is 2.32. The van der Waals surface area contributed by atoms with E-state index in [4.69, 9.17) is 5.73 Å². The number of nitrogens with two attached hydrogens (primary N) is 1. The van der Waals surface area contributed by atoms with Crippen LogP contribution in [-0.2, 0) is 10.2 Å². The van der Waals surface area contributed by atoms with Gasteiger partial charge in [-0.25, -0.2) is 4.72 Å². The molecule has 0 saturated heterocycles. The molecule has 0 heterocycles. The van der Waals surface area contributed by atoms with Crippen molar-refractivity contribution in [1.82, 2.24) is 9.44 Å². The molecule has 1 rings (SSSR count). The average molecular weight is 263 g/mol. The van der Waals surface area contributed by atoms with E-state index in [0.29, 0.717) is 13.1 Å². The Bertz CT molecular complexity index is 309. The largest absolute Gasteiger partial charge is 0.329 e. The third kappa shape index (κ3) is 4.91. The van der Waals surface area contributed by atoms with Crippen LogP contribution < -0.4 is 15.2 Å². The van der Waals surface area contributed by atoms with Gasteiger partial charge in [-0.05, 0) is 12.8 Å². The molecule has 0 atom stereocenters. The zero-order valence-electron chi connectivity index (χ0n) is 10.7. The van der Waals surface area contributed by atoms with Gasteiger partial charge >= 0.3 is 0 Å². The predicted octanol–water partition coefficient (Wildman–Crippen LogP) is 0.872. The summed E-state index contributed by atoms with van der Waals surface area (Å²) in [6.07, 6.45) is 7.37. The fourth-order valence-electron chi connectivity index (χ4n) is 2.44. The van der Waals surface area contributed by atoms with Gasteiger partial charge in [-0.1, -0.05) is 39.0 Å². The van der Waals surface area contributed by atoms with Crippen LogP contribution in [0.4, 0.5) is 0 Å². The van der Waals surface area contributed by atoms with Crippen LogP contribution in [0.2, 0.25) is 0 Å². The van der Waals surface area contributed by atoms with Gasteiger partial charge in [-0.2, -0.15) is 13.1 Å². The van der Waals surface area contributed by atoms with Gasteiger partial charge in [0.1, 0.15) is 0 Å². The highest BCUT2D eigenvalue weighted by Crippen LogP contribution is 2.26. The van der Waals surface area contributed by atoms with E-state index in [9.17, 15) is 8.42 Å². The van der Waals surface area contributed by atoms with Gasteiger partial charge in [0.05, 0.1) is 0 Å². The van der Waals surface area contributed by atoms with Crippen LogP contribution in [-0.4, -0.2) is 27.0 Å². The summed E-state index contributed by atoms with van der Waals surface area (Å²) in [5.74, 6) is 0. The second-order valence-electron chi connectivity index (χ2n) is 4.86. The molecule has 0 radical (unpaired) electrons. The molecule has 0 amide bonds. The lowest BCUT2D eigenvalue weighted by atomic mass is 9.85. The van der Waals surface area contributed by atoms with E-state index < -0.39 is 15.7 Å². The first-order valence-electron chi connectivity index (χ1n) is 6.52. The van der Waals surface area contributed by atoms with Gasteiger partial charge in [0, 0.05) is 18.6 Å². The van der Waals surface area contributed by atoms with Crippen molar-refractivity contribution >= 4 is 10.2 Å². The van der Waals surface area contributed by atoms with Gasteiger partial charge < -0.3 is 5.73 Å². The van der Waals surface area contributed by atoms with Gasteiger partial charge in [-0.3, -0.25) is 0 Å². The molecule has 1 aliphatic carbocycles. The third-order valence-corrected chi connectivity index (χ3v) is 4.76. The zero-order valence-corrected chi connectivity index (χ0v) is 11.5. The van der Waals surface area contributed by atoms with E-state index in [-0.39, 0.29) is 0 Å². The van der Waals surface area contributed by atoms with Crippen LogP contribution in [0.3, 0.4) is 0 Å². The molecule has 0 aromatic heterocycles. The van der Waals surface area contributed by atoms with Crippen LogP contribution in [0.1, 0.15) is 51.9 Å².